The number of hydrogen-bond acceptors (Lipinski definition) is 6. The second kappa shape index (κ2) is 39.0. The molecule has 0 aliphatic heterocycles. The highest BCUT2D eigenvalue weighted by Crippen LogP contribution is 2.36. The molecule has 0 radical (unpaired) electrons. The first-order chi connectivity index (χ1) is 25.3. The van der Waals surface area contributed by atoms with E-state index in [0.717, 1.165) is 64.2 Å². The predicted octanol–water partition coefficient (Wildman–Crippen LogP) is 13.0. The quantitative estimate of drug-likeness (QED) is 0.0275. The van der Waals surface area contributed by atoms with Crippen LogP contribution in [0.15, 0.2) is 36.5 Å². The summed E-state index contributed by atoms with van der Waals surface area (Å²) in [5, 5.41) is 0. The van der Waals surface area contributed by atoms with Crippen molar-refractivity contribution in [2.75, 3.05) is 13.2 Å². The summed E-state index contributed by atoms with van der Waals surface area (Å²) >= 11 is 0. The minimum atomic E-state index is -4.75. The molecule has 52 heavy (non-hydrogen) atoms. The standard InChI is InChI=1S/C43H79O8P/c1-3-5-7-9-11-13-15-17-19-20-21-22-24-26-28-30-32-34-36-38-43(45)51-41(40-50-52(46,47)48)39-49-42(44)37-35-33-31-29-27-25-23-18-16-14-12-10-8-6-4-2/h11,13-14,16-17,19,41H,3-10,12,15,18,20-40H2,1-2H3,(H2,46,47,48)/b13-11+,16-14+,19-17+/t41-/m1/s1. The number of phosphoric acid groups is 1. The van der Waals surface area contributed by atoms with Crippen molar-refractivity contribution < 1.29 is 37.9 Å². The summed E-state index contributed by atoms with van der Waals surface area (Å²) in [5.74, 6) is -0.891. The molecule has 0 fully saturated rings. The molecule has 304 valence electrons. The number of carbonyl (C=O) groups is 2. The van der Waals surface area contributed by atoms with E-state index in [2.05, 4.69) is 54.8 Å². The topological polar surface area (TPSA) is 119 Å². The Kier molecular flexibility index (Phi) is 37.7. The van der Waals surface area contributed by atoms with Gasteiger partial charge in [0.2, 0.25) is 0 Å². The number of allylic oxidation sites excluding steroid dienone is 6. The molecule has 0 aromatic heterocycles. The van der Waals surface area contributed by atoms with Crippen LogP contribution in [0.3, 0.4) is 0 Å². The van der Waals surface area contributed by atoms with Gasteiger partial charge >= 0.3 is 19.8 Å². The molecular weight excluding hydrogens is 675 g/mol. The van der Waals surface area contributed by atoms with Crippen molar-refractivity contribution in [3.63, 3.8) is 0 Å². The van der Waals surface area contributed by atoms with Crippen molar-refractivity contribution in [2.45, 2.75) is 213 Å². The lowest BCUT2D eigenvalue weighted by Gasteiger charge is -2.18. The summed E-state index contributed by atoms with van der Waals surface area (Å²) in [7, 11) is -4.75. The highest BCUT2D eigenvalue weighted by molar-refractivity contribution is 7.46. The maximum Gasteiger partial charge on any atom is 0.469 e. The van der Waals surface area contributed by atoms with Crippen LogP contribution in [-0.4, -0.2) is 41.0 Å². The Labute approximate surface area is 319 Å². The highest BCUT2D eigenvalue weighted by Gasteiger charge is 2.22. The van der Waals surface area contributed by atoms with E-state index in [1.165, 1.54) is 109 Å². The van der Waals surface area contributed by atoms with Crippen LogP contribution in [0, 0.1) is 0 Å². The molecule has 0 saturated carbocycles. The van der Waals surface area contributed by atoms with Gasteiger partial charge in [0.15, 0.2) is 6.10 Å². The molecule has 0 amide bonds. The number of esters is 2. The average molecular weight is 755 g/mol. The summed E-state index contributed by atoms with van der Waals surface area (Å²) in [4.78, 5) is 42.9. The van der Waals surface area contributed by atoms with E-state index in [1.54, 1.807) is 0 Å². The lowest BCUT2D eigenvalue weighted by atomic mass is 10.1. The van der Waals surface area contributed by atoms with Crippen molar-refractivity contribution in [2.24, 2.45) is 0 Å². The van der Waals surface area contributed by atoms with Crippen molar-refractivity contribution in [3.8, 4) is 0 Å². The molecule has 0 aliphatic rings. The second-order valence-corrected chi connectivity index (χ2v) is 15.5. The lowest BCUT2D eigenvalue weighted by molar-refractivity contribution is -0.161. The zero-order valence-electron chi connectivity index (χ0n) is 33.5. The fraction of sp³-hybridized carbons (Fsp3) is 0.814. The molecule has 9 heteroatoms. The third kappa shape index (κ3) is 41.0. The van der Waals surface area contributed by atoms with Crippen LogP contribution in [0.2, 0.25) is 0 Å². The monoisotopic (exact) mass is 755 g/mol. The largest absolute Gasteiger partial charge is 0.469 e. The maximum atomic E-state index is 12.4. The minimum absolute atomic E-state index is 0.207. The van der Waals surface area contributed by atoms with Crippen LogP contribution in [0.5, 0.6) is 0 Å². The third-order valence-electron chi connectivity index (χ3n) is 9.13. The van der Waals surface area contributed by atoms with Gasteiger partial charge in [-0.25, -0.2) is 4.57 Å². The molecule has 0 saturated heterocycles. The highest BCUT2D eigenvalue weighted by atomic mass is 31.2. The molecule has 0 aliphatic carbocycles. The summed E-state index contributed by atoms with van der Waals surface area (Å²) in [6.45, 7) is 3.65. The van der Waals surface area contributed by atoms with Crippen LogP contribution in [0.1, 0.15) is 206 Å². The van der Waals surface area contributed by atoms with Crippen LogP contribution < -0.4 is 0 Å². The summed E-state index contributed by atoms with van der Waals surface area (Å²) < 4.78 is 26.4. The Bertz CT molecular complexity index is 941. The Morgan fingerprint density at radius 2 is 0.865 bits per heavy atom. The molecule has 0 rings (SSSR count). The molecule has 0 aromatic carbocycles. The van der Waals surface area contributed by atoms with Gasteiger partial charge in [0, 0.05) is 12.8 Å². The Morgan fingerprint density at radius 1 is 0.500 bits per heavy atom. The van der Waals surface area contributed by atoms with Crippen LogP contribution in [-0.2, 0) is 28.2 Å². The van der Waals surface area contributed by atoms with Gasteiger partial charge in [0.05, 0.1) is 6.61 Å². The second-order valence-electron chi connectivity index (χ2n) is 14.3. The molecule has 8 nitrogen and oxygen atoms in total. The number of unbranched alkanes of at least 4 members (excludes halogenated alkanes) is 23. The summed E-state index contributed by atoms with van der Waals surface area (Å²) in [6.07, 6.45) is 45.7. The first-order valence-electron chi connectivity index (χ1n) is 21.3. The fourth-order valence-electron chi connectivity index (χ4n) is 5.93. The third-order valence-corrected chi connectivity index (χ3v) is 9.62. The van der Waals surface area contributed by atoms with E-state index >= 15 is 0 Å². The normalized spacial score (nSPS) is 12.8. The Balaban J connectivity index is 3.91. The molecule has 0 spiro atoms. The number of phosphoric ester groups is 1. The van der Waals surface area contributed by atoms with Crippen LogP contribution >= 0.6 is 7.82 Å². The number of carbonyl (C=O) groups excluding carboxylic acids is 2. The van der Waals surface area contributed by atoms with Crippen LogP contribution in [0.4, 0.5) is 0 Å². The molecular formula is C43H79O8P. The van der Waals surface area contributed by atoms with Crippen molar-refractivity contribution in [1.82, 2.24) is 0 Å². The van der Waals surface area contributed by atoms with Crippen LogP contribution in [0.25, 0.3) is 0 Å². The number of ether oxygens (including phenoxy) is 2. The zero-order valence-corrected chi connectivity index (χ0v) is 34.4. The Hall–Kier alpha value is -1.73. The van der Waals surface area contributed by atoms with Gasteiger partial charge in [0.1, 0.15) is 6.61 Å². The molecule has 0 unspecified atom stereocenters. The van der Waals surface area contributed by atoms with E-state index in [9.17, 15) is 14.2 Å². The molecule has 0 aromatic rings. The molecule has 0 bridgehead atoms. The molecule has 0 heterocycles. The van der Waals surface area contributed by atoms with Gasteiger partial charge in [0.25, 0.3) is 0 Å². The van der Waals surface area contributed by atoms with Gasteiger partial charge in [-0.05, 0) is 70.6 Å². The van der Waals surface area contributed by atoms with E-state index < -0.39 is 32.5 Å². The van der Waals surface area contributed by atoms with Crippen molar-refractivity contribution in [3.05, 3.63) is 36.5 Å². The minimum Gasteiger partial charge on any atom is -0.462 e. The van der Waals surface area contributed by atoms with Crippen molar-refractivity contribution in [1.29, 1.82) is 0 Å². The Morgan fingerprint density at radius 3 is 1.33 bits per heavy atom. The first kappa shape index (κ1) is 50.3. The van der Waals surface area contributed by atoms with E-state index in [4.69, 9.17) is 19.3 Å². The summed E-state index contributed by atoms with van der Waals surface area (Å²) in [6, 6.07) is 0. The summed E-state index contributed by atoms with van der Waals surface area (Å²) in [5.41, 5.74) is 0. The smallest absolute Gasteiger partial charge is 0.462 e. The van der Waals surface area contributed by atoms with E-state index in [-0.39, 0.29) is 19.4 Å². The number of rotatable bonds is 39. The van der Waals surface area contributed by atoms with Crippen molar-refractivity contribution >= 4 is 19.8 Å². The van der Waals surface area contributed by atoms with Gasteiger partial charge in [-0.1, -0.05) is 159 Å². The lowest BCUT2D eigenvalue weighted by Crippen LogP contribution is -2.29. The van der Waals surface area contributed by atoms with Gasteiger partial charge in [-0.15, -0.1) is 0 Å². The zero-order chi connectivity index (χ0) is 38.2. The average Bonchev–Trinajstić information content (AvgIpc) is 3.11. The molecule has 1 atom stereocenters. The maximum absolute atomic E-state index is 12.4. The van der Waals surface area contributed by atoms with E-state index in [1.807, 2.05) is 0 Å². The van der Waals surface area contributed by atoms with E-state index in [0.29, 0.717) is 6.42 Å². The fourth-order valence-corrected chi connectivity index (χ4v) is 6.29. The SMILES string of the molecule is CCCCC/C=C/C/C=C/CCCCCCCCCCCC(=O)O[C@H](COC(=O)CCCCCCCCC/C=C/CCCCCC)COP(=O)(O)O. The van der Waals surface area contributed by atoms with Gasteiger partial charge in [-0.3, -0.25) is 14.1 Å². The molecule has 2 N–H and O–H groups in total. The number of hydrogen-bond donors (Lipinski definition) is 2. The van der Waals surface area contributed by atoms with Gasteiger partial charge < -0.3 is 19.3 Å². The predicted molar refractivity (Wildman–Crippen MR) is 216 cm³/mol. The van der Waals surface area contributed by atoms with Gasteiger partial charge in [-0.2, -0.15) is 0 Å². The first-order valence-corrected chi connectivity index (χ1v) is 22.8.